The van der Waals surface area contributed by atoms with Crippen LogP contribution in [0.3, 0.4) is 0 Å². The van der Waals surface area contributed by atoms with Crippen molar-refractivity contribution in [3.05, 3.63) is 45.7 Å². The summed E-state index contributed by atoms with van der Waals surface area (Å²) >= 11 is 3.42. The molecule has 0 unspecified atom stereocenters. The van der Waals surface area contributed by atoms with E-state index in [1.165, 1.54) is 0 Å². The quantitative estimate of drug-likeness (QED) is 0.812. The minimum absolute atomic E-state index is 0.0909. The Morgan fingerprint density at radius 2 is 2.21 bits per heavy atom. The van der Waals surface area contributed by atoms with Crippen LogP contribution in [0.25, 0.3) is 0 Å². The van der Waals surface area contributed by atoms with Crippen molar-refractivity contribution in [2.75, 3.05) is 7.11 Å². The molecule has 1 aromatic heterocycles. The zero-order valence-electron chi connectivity index (χ0n) is 11.1. The van der Waals surface area contributed by atoms with Crippen LogP contribution in [-0.2, 0) is 6.54 Å². The maximum Gasteiger partial charge on any atom is 0.215 e. The molecule has 1 heterocycles. The first-order chi connectivity index (χ1) is 9.08. The summed E-state index contributed by atoms with van der Waals surface area (Å²) in [6.07, 6.45) is 1.57. The van der Waals surface area contributed by atoms with Gasteiger partial charge in [0.25, 0.3) is 0 Å². The summed E-state index contributed by atoms with van der Waals surface area (Å²) in [5, 5.41) is 4.16. The van der Waals surface area contributed by atoms with Crippen molar-refractivity contribution in [1.82, 2.24) is 9.78 Å². The zero-order chi connectivity index (χ0) is 14.0. The SMILES string of the molecule is CCn1ncc(OC)c1C(=O)c1cc(C)ccc1Br. The third-order valence-corrected chi connectivity index (χ3v) is 3.60. The van der Waals surface area contributed by atoms with Gasteiger partial charge in [-0.1, -0.05) is 27.6 Å². The molecule has 2 rings (SSSR count). The van der Waals surface area contributed by atoms with E-state index in [-0.39, 0.29) is 5.78 Å². The van der Waals surface area contributed by atoms with E-state index < -0.39 is 0 Å². The van der Waals surface area contributed by atoms with Gasteiger partial charge in [-0.15, -0.1) is 0 Å². The molecule has 5 heteroatoms. The molecule has 0 aliphatic rings. The first kappa shape index (κ1) is 13.8. The van der Waals surface area contributed by atoms with Gasteiger partial charge >= 0.3 is 0 Å². The molecule has 0 N–H and O–H groups in total. The number of carbonyl (C=O) groups excluding carboxylic acids is 1. The van der Waals surface area contributed by atoms with Crippen molar-refractivity contribution in [1.29, 1.82) is 0 Å². The van der Waals surface area contributed by atoms with Crippen LogP contribution in [0.15, 0.2) is 28.9 Å². The molecule has 4 nitrogen and oxygen atoms in total. The number of halogens is 1. The van der Waals surface area contributed by atoms with Gasteiger partial charge in [0.2, 0.25) is 5.78 Å². The Morgan fingerprint density at radius 1 is 1.47 bits per heavy atom. The lowest BCUT2D eigenvalue weighted by molar-refractivity contribution is 0.102. The average molecular weight is 323 g/mol. The summed E-state index contributed by atoms with van der Waals surface area (Å²) in [6.45, 7) is 4.51. The minimum Gasteiger partial charge on any atom is -0.493 e. The lowest BCUT2D eigenvalue weighted by Gasteiger charge is -2.08. The lowest BCUT2D eigenvalue weighted by atomic mass is 10.1. The molecule has 1 aromatic carbocycles. The standard InChI is InChI=1S/C14H15BrN2O2/c1-4-17-13(12(19-3)8-16-17)14(18)10-7-9(2)5-6-11(10)15/h5-8H,4H2,1-3H3. The molecule has 0 spiro atoms. The Morgan fingerprint density at radius 3 is 2.84 bits per heavy atom. The van der Waals surface area contributed by atoms with E-state index in [2.05, 4.69) is 21.0 Å². The van der Waals surface area contributed by atoms with Gasteiger partial charge in [-0.2, -0.15) is 5.10 Å². The Balaban J connectivity index is 2.55. The van der Waals surface area contributed by atoms with Crippen LogP contribution in [0.1, 0.15) is 28.5 Å². The molecule has 0 aliphatic heterocycles. The highest BCUT2D eigenvalue weighted by Crippen LogP contribution is 2.26. The molecule has 0 radical (unpaired) electrons. The molecule has 0 atom stereocenters. The van der Waals surface area contributed by atoms with Gasteiger partial charge in [0.15, 0.2) is 11.4 Å². The Hall–Kier alpha value is -1.62. The average Bonchev–Trinajstić information content (AvgIpc) is 2.83. The fraction of sp³-hybridized carbons (Fsp3) is 0.286. The molecule has 0 bridgehead atoms. The molecule has 0 fully saturated rings. The Labute approximate surface area is 120 Å². The summed E-state index contributed by atoms with van der Waals surface area (Å²) in [6, 6.07) is 5.69. The number of carbonyl (C=O) groups is 1. The monoisotopic (exact) mass is 322 g/mol. The van der Waals surface area contributed by atoms with Crippen molar-refractivity contribution >= 4 is 21.7 Å². The second-order valence-corrected chi connectivity index (χ2v) is 5.04. The molecule has 0 saturated carbocycles. The second-order valence-electron chi connectivity index (χ2n) is 4.19. The topological polar surface area (TPSA) is 44.1 Å². The van der Waals surface area contributed by atoms with Gasteiger partial charge in [-0.25, -0.2) is 0 Å². The molecular weight excluding hydrogens is 308 g/mol. The number of nitrogens with zero attached hydrogens (tertiary/aromatic N) is 2. The predicted octanol–water partition coefficient (Wildman–Crippen LogP) is 3.21. The van der Waals surface area contributed by atoms with Gasteiger partial charge < -0.3 is 4.74 Å². The number of hydrogen-bond acceptors (Lipinski definition) is 3. The van der Waals surface area contributed by atoms with Crippen LogP contribution < -0.4 is 4.74 Å². The summed E-state index contributed by atoms with van der Waals surface area (Å²) in [5.74, 6) is 0.409. The van der Waals surface area contributed by atoms with E-state index in [0.717, 1.165) is 10.0 Å². The first-order valence-corrected chi connectivity index (χ1v) is 6.78. The number of ether oxygens (including phenoxy) is 1. The van der Waals surface area contributed by atoms with E-state index >= 15 is 0 Å². The molecule has 100 valence electrons. The molecule has 0 aliphatic carbocycles. The second kappa shape index (κ2) is 5.57. The number of ketones is 1. The van der Waals surface area contributed by atoms with Crippen LogP contribution in [0.4, 0.5) is 0 Å². The normalized spacial score (nSPS) is 10.5. The maximum atomic E-state index is 12.7. The zero-order valence-corrected chi connectivity index (χ0v) is 12.7. The van der Waals surface area contributed by atoms with Crippen molar-refractivity contribution in [3.63, 3.8) is 0 Å². The van der Waals surface area contributed by atoms with Gasteiger partial charge in [-0.05, 0) is 26.0 Å². The van der Waals surface area contributed by atoms with Crippen LogP contribution in [0.5, 0.6) is 5.75 Å². The van der Waals surface area contributed by atoms with Gasteiger partial charge in [0, 0.05) is 16.6 Å². The Bertz CT molecular complexity index is 598. The number of hydrogen-bond donors (Lipinski definition) is 0. The summed E-state index contributed by atoms with van der Waals surface area (Å²) in [4.78, 5) is 12.7. The van der Waals surface area contributed by atoms with E-state index in [1.807, 2.05) is 32.0 Å². The summed E-state index contributed by atoms with van der Waals surface area (Å²) < 4.78 is 7.64. The van der Waals surface area contributed by atoms with Crippen molar-refractivity contribution in [3.8, 4) is 5.75 Å². The number of benzene rings is 1. The number of aryl methyl sites for hydroxylation is 2. The van der Waals surface area contributed by atoms with E-state index in [0.29, 0.717) is 23.6 Å². The van der Waals surface area contributed by atoms with Crippen LogP contribution in [0.2, 0.25) is 0 Å². The van der Waals surface area contributed by atoms with Crippen molar-refractivity contribution in [2.24, 2.45) is 0 Å². The third-order valence-electron chi connectivity index (χ3n) is 2.91. The molecule has 2 aromatic rings. The van der Waals surface area contributed by atoms with Gasteiger partial charge in [0.05, 0.1) is 13.3 Å². The number of aromatic nitrogens is 2. The van der Waals surface area contributed by atoms with Gasteiger partial charge in [0.1, 0.15) is 0 Å². The molecular formula is C14H15BrN2O2. The molecule has 0 saturated heterocycles. The number of methoxy groups -OCH3 is 1. The first-order valence-electron chi connectivity index (χ1n) is 5.99. The predicted molar refractivity (Wildman–Crippen MR) is 76.8 cm³/mol. The van der Waals surface area contributed by atoms with Crippen molar-refractivity contribution < 1.29 is 9.53 Å². The molecule has 19 heavy (non-hydrogen) atoms. The number of rotatable bonds is 4. The fourth-order valence-electron chi connectivity index (χ4n) is 1.93. The van der Waals surface area contributed by atoms with Gasteiger partial charge in [-0.3, -0.25) is 9.48 Å². The smallest absolute Gasteiger partial charge is 0.215 e. The van der Waals surface area contributed by atoms with E-state index in [1.54, 1.807) is 18.0 Å². The van der Waals surface area contributed by atoms with Crippen LogP contribution in [-0.4, -0.2) is 22.7 Å². The molecule has 0 amide bonds. The lowest BCUT2D eigenvalue weighted by Crippen LogP contribution is -2.12. The van der Waals surface area contributed by atoms with Crippen LogP contribution in [0, 0.1) is 6.92 Å². The van der Waals surface area contributed by atoms with Crippen LogP contribution >= 0.6 is 15.9 Å². The highest BCUT2D eigenvalue weighted by Gasteiger charge is 2.22. The van der Waals surface area contributed by atoms with Crippen molar-refractivity contribution in [2.45, 2.75) is 20.4 Å². The van der Waals surface area contributed by atoms with E-state index in [4.69, 9.17) is 4.74 Å². The summed E-state index contributed by atoms with van der Waals surface area (Å²) in [5.41, 5.74) is 2.14. The summed E-state index contributed by atoms with van der Waals surface area (Å²) in [7, 11) is 1.54. The highest BCUT2D eigenvalue weighted by atomic mass is 79.9. The largest absolute Gasteiger partial charge is 0.493 e. The minimum atomic E-state index is -0.0909. The highest BCUT2D eigenvalue weighted by molar-refractivity contribution is 9.10. The third kappa shape index (κ3) is 2.56. The Kier molecular flexibility index (Phi) is 4.04. The van der Waals surface area contributed by atoms with E-state index in [9.17, 15) is 4.79 Å². The maximum absolute atomic E-state index is 12.7. The fourth-order valence-corrected chi connectivity index (χ4v) is 2.35.